The van der Waals surface area contributed by atoms with Crippen molar-refractivity contribution in [1.29, 1.82) is 0 Å². The summed E-state index contributed by atoms with van der Waals surface area (Å²) < 4.78 is 0. The van der Waals surface area contributed by atoms with Crippen LogP contribution in [0.5, 0.6) is 0 Å². The molecular weight excluding hydrogens is 502 g/mol. The summed E-state index contributed by atoms with van der Waals surface area (Å²) >= 11 is 1.42. The minimum atomic E-state index is -1.42. The summed E-state index contributed by atoms with van der Waals surface area (Å²) in [6.07, 6.45) is 2.76. The Labute approximate surface area is 220 Å². The minimum Gasteiger partial charge on any atom is -0.480 e. The summed E-state index contributed by atoms with van der Waals surface area (Å²) in [5.74, 6) is -2.99. The van der Waals surface area contributed by atoms with Gasteiger partial charge in [-0.25, -0.2) is 4.79 Å². The molecule has 14 heteroatoms. The first-order chi connectivity index (χ1) is 17.6. The highest BCUT2D eigenvalue weighted by atomic mass is 32.2. The Morgan fingerprint density at radius 3 is 2.11 bits per heavy atom. The van der Waals surface area contributed by atoms with E-state index in [2.05, 4.69) is 20.9 Å². The number of aliphatic hydroxyl groups is 1. The van der Waals surface area contributed by atoms with Crippen molar-refractivity contribution in [3.05, 3.63) is 35.9 Å². The lowest BCUT2D eigenvalue weighted by Crippen LogP contribution is -2.58. The zero-order chi connectivity index (χ0) is 27.8. The maximum atomic E-state index is 13.1. The Hall–Kier alpha value is -3.36. The van der Waals surface area contributed by atoms with E-state index in [0.717, 1.165) is 5.56 Å². The molecule has 0 radical (unpaired) electrons. The number of nitrogens with two attached hydrogens (primary N) is 3. The molecule has 0 spiro atoms. The van der Waals surface area contributed by atoms with Crippen molar-refractivity contribution in [1.82, 2.24) is 16.0 Å². The third-order valence-electron chi connectivity index (χ3n) is 5.26. The normalized spacial score (nSPS) is 13.9. The second-order valence-electron chi connectivity index (χ2n) is 8.23. The molecule has 0 saturated heterocycles. The highest BCUT2D eigenvalue weighted by molar-refractivity contribution is 7.98. The van der Waals surface area contributed by atoms with Gasteiger partial charge in [0.15, 0.2) is 5.96 Å². The average molecular weight is 540 g/mol. The standard InChI is InChI=1S/C23H37N7O6S/c1-37-11-9-16(22(35)36)28-21(34)18(13-31)30-20(33)17(12-14-6-3-2-4-7-14)29-19(32)15(24)8-5-10-27-23(25)26/h2-4,6-7,15-18,31H,5,8-13,24H2,1H3,(H,28,34)(H,29,32)(H,30,33)(H,35,36)(H4,25,26,27). The summed E-state index contributed by atoms with van der Waals surface area (Å²) in [5, 5.41) is 26.4. The van der Waals surface area contributed by atoms with E-state index in [1.807, 2.05) is 0 Å². The molecule has 0 aliphatic heterocycles. The predicted molar refractivity (Wildman–Crippen MR) is 142 cm³/mol. The number of carbonyl (C=O) groups excluding carboxylic acids is 3. The second kappa shape index (κ2) is 17.2. The van der Waals surface area contributed by atoms with Crippen molar-refractivity contribution in [3.63, 3.8) is 0 Å². The van der Waals surface area contributed by atoms with Gasteiger partial charge in [0, 0.05) is 13.0 Å². The van der Waals surface area contributed by atoms with Gasteiger partial charge in [-0.1, -0.05) is 30.3 Å². The number of hydrogen-bond donors (Lipinski definition) is 8. The predicted octanol–water partition coefficient (Wildman–Crippen LogP) is -2.11. The fraction of sp³-hybridized carbons (Fsp3) is 0.522. The topological polar surface area (TPSA) is 235 Å². The van der Waals surface area contributed by atoms with Crippen LogP contribution in [0.25, 0.3) is 0 Å². The zero-order valence-corrected chi connectivity index (χ0v) is 21.6. The number of aliphatic hydroxyl groups excluding tert-OH is 1. The van der Waals surface area contributed by atoms with Gasteiger partial charge >= 0.3 is 5.97 Å². The van der Waals surface area contributed by atoms with Gasteiger partial charge in [-0.2, -0.15) is 11.8 Å². The van der Waals surface area contributed by atoms with Crippen molar-refractivity contribution >= 4 is 41.4 Å². The van der Waals surface area contributed by atoms with Crippen LogP contribution in [0.3, 0.4) is 0 Å². The number of thioether (sulfide) groups is 1. The molecule has 206 valence electrons. The largest absolute Gasteiger partial charge is 0.480 e. The van der Waals surface area contributed by atoms with Crippen LogP contribution in [0.4, 0.5) is 0 Å². The van der Waals surface area contributed by atoms with Gasteiger partial charge in [-0.3, -0.25) is 19.4 Å². The number of aliphatic imine (C=N–C) groups is 1. The summed E-state index contributed by atoms with van der Waals surface area (Å²) in [6, 6.07) is 4.21. The lowest BCUT2D eigenvalue weighted by atomic mass is 10.0. The van der Waals surface area contributed by atoms with E-state index in [-0.39, 0.29) is 25.2 Å². The molecule has 4 unspecified atom stereocenters. The van der Waals surface area contributed by atoms with Gasteiger partial charge in [-0.15, -0.1) is 0 Å². The average Bonchev–Trinajstić information content (AvgIpc) is 2.86. The molecule has 0 aliphatic carbocycles. The van der Waals surface area contributed by atoms with Gasteiger partial charge in [0.2, 0.25) is 17.7 Å². The molecule has 0 aromatic heterocycles. The first-order valence-electron chi connectivity index (χ1n) is 11.7. The molecule has 3 amide bonds. The van der Waals surface area contributed by atoms with E-state index in [1.54, 1.807) is 36.6 Å². The minimum absolute atomic E-state index is 0.0704. The first kappa shape index (κ1) is 31.7. The molecule has 11 N–H and O–H groups in total. The van der Waals surface area contributed by atoms with Crippen LogP contribution in [-0.2, 0) is 25.6 Å². The number of hydrogen-bond acceptors (Lipinski definition) is 8. The molecule has 13 nitrogen and oxygen atoms in total. The number of carboxylic acid groups (broad SMARTS) is 1. The zero-order valence-electron chi connectivity index (χ0n) is 20.8. The Kier molecular flexibility index (Phi) is 14.7. The lowest BCUT2D eigenvalue weighted by Gasteiger charge is -2.24. The van der Waals surface area contributed by atoms with Crippen LogP contribution in [0, 0.1) is 0 Å². The lowest BCUT2D eigenvalue weighted by molar-refractivity contribution is -0.142. The summed E-state index contributed by atoms with van der Waals surface area (Å²) in [6.45, 7) is -0.485. The molecular formula is C23H37N7O6S. The van der Waals surface area contributed by atoms with Crippen molar-refractivity contribution in [2.24, 2.45) is 22.2 Å². The number of aliphatic carboxylic acids is 1. The SMILES string of the molecule is CSCCC(NC(=O)C(CO)NC(=O)C(Cc1ccccc1)NC(=O)C(N)CCCN=C(N)N)C(=O)O. The Morgan fingerprint density at radius 1 is 0.946 bits per heavy atom. The third-order valence-corrected chi connectivity index (χ3v) is 5.90. The van der Waals surface area contributed by atoms with Gasteiger partial charge in [-0.05, 0) is 36.8 Å². The smallest absolute Gasteiger partial charge is 0.326 e. The maximum absolute atomic E-state index is 13.1. The van der Waals surface area contributed by atoms with Crippen LogP contribution in [0.2, 0.25) is 0 Å². The van der Waals surface area contributed by atoms with Crippen molar-refractivity contribution in [2.75, 3.05) is 25.2 Å². The van der Waals surface area contributed by atoms with Crippen LogP contribution >= 0.6 is 11.8 Å². The van der Waals surface area contributed by atoms with Gasteiger partial charge in [0.05, 0.1) is 12.6 Å². The van der Waals surface area contributed by atoms with Crippen molar-refractivity contribution < 1.29 is 29.4 Å². The number of nitrogens with zero attached hydrogens (tertiary/aromatic N) is 1. The molecule has 0 heterocycles. The van der Waals surface area contributed by atoms with E-state index in [0.29, 0.717) is 18.7 Å². The second-order valence-corrected chi connectivity index (χ2v) is 9.22. The molecule has 1 aromatic carbocycles. The third kappa shape index (κ3) is 12.4. The number of carboxylic acids is 1. The maximum Gasteiger partial charge on any atom is 0.326 e. The van der Waals surface area contributed by atoms with Crippen LogP contribution in [0.15, 0.2) is 35.3 Å². The number of benzene rings is 1. The quantitative estimate of drug-likeness (QED) is 0.0609. The summed E-state index contributed by atoms with van der Waals surface area (Å²) in [5.41, 5.74) is 17.2. The number of carbonyl (C=O) groups is 4. The van der Waals surface area contributed by atoms with Gasteiger partial charge < -0.3 is 43.4 Å². The Morgan fingerprint density at radius 2 is 1.54 bits per heavy atom. The molecule has 0 saturated carbocycles. The van der Waals surface area contributed by atoms with E-state index in [9.17, 15) is 29.4 Å². The Balaban J connectivity index is 2.91. The molecule has 0 aliphatic rings. The van der Waals surface area contributed by atoms with Crippen LogP contribution in [0.1, 0.15) is 24.8 Å². The molecule has 0 bridgehead atoms. The van der Waals surface area contributed by atoms with Crippen LogP contribution < -0.4 is 33.2 Å². The van der Waals surface area contributed by atoms with Gasteiger partial charge in [0.1, 0.15) is 18.1 Å². The van der Waals surface area contributed by atoms with E-state index >= 15 is 0 Å². The van der Waals surface area contributed by atoms with E-state index < -0.39 is 54.5 Å². The van der Waals surface area contributed by atoms with E-state index in [4.69, 9.17) is 17.2 Å². The van der Waals surface area contributed by atoms with Gasteiger partial charge in [0.25, 0.3) is 0 Å². The summed E-state index contributed by atoms with van der Waals surface area (Å²) in [4.78, 5) is 53.6. The van der Waals surface area contributed by atoms with Crippen LogP contribution in [-0.4, -0.2) is 89.2 Å². The number of rotatable bonds is 17. The summed E-state index contributed by atoms with van der Waals surface area (Å²) in [7, 11) is 0. The highest BCUT2D eigenvalue weighted by Gasteiger charge is 2.30. The number of guanidine groups is 1. The fourth-order valence-corrected chi connectivity index (χ4v) is 3.69. The van der Waals surface area contributed by atoms with E-state index in [1.165, 1.54) is 11.8 Å². The highest BCUT2D eigenvalue weighted by Crippen LogP contribution is 2.06. The van der Waals surface area contributed by atoms with Crippen molar-refractivity contribution in [2.45, 2.75) is 49.9 Å². The molecule has 1 aromatic rings. The molecule has 4 atom stereocenters. The number of nitrogens with one attached hydrogen (secondary N) is 3. The van der Waals surface area contributed by atoms with Crippen molar-refractivity contribution in [3.8, 4) is 0 Å². The molecule has 37 heavy (non-hydrogen) atoms. The number of amides is 3. The Bertz CT molecular complexity index is 914. The monoisotopic (exact) mass is 539 g/mol. The molecule has 0 fully saturated rings. The first-order valence-corrected chi connectivity index (χ1v) is 13.1. The molecule has 1 rings (SSSR count). The fourth-order valence-electron chi connectivity index (χ4n) is 3.22.